The van der Waals surface area contributed by atoms with Crippen LogP contribution in [-0.2, 0) is 0 Å². The van der Waals surface area contributed by atoms with Gasteiger partial charge >= 0.3 is 0 Å². The number of hydrogen-bond donors (Lipinski definition) is 3. The van der Waals surface area contributed by atoms with E-state index >= 15 is 0 Å². The van der Waals surface area contributed by atoms with Crippen LogP contribution < -0.4 is 0 Å². The van der Waals surface area contributed by atoms with E-state index in [9.17, 15) is 15.3 Å². The number of aliphatic hydroxyl groups is 3. The van der Waals surface area contributed by atoms with Crippen molar-refractivity contribution in [3.8, 4) is 0 Å². The maximum absolute atomic E-state index is 9.76. The molecule has 2 rings (SSSR count). The van der Waals surface area contributed by atoms with Gasteiger partial charge in [-0.25, -0.2) is 0 Å². The van der Waals surface area contributed by atoms with Gasteiger partial charge in [-0.05, 0) is 41.9 Å². The molecule has 0 aromatic heterocycles. The monoisotopic (exact) mass is 254 g/mol. The molecule has 104 valence electrons. The minimum absolute atomic E-state index is 0.0293. The van der Waals surface area contributed by atoms with Crippen LogP contribution in [0.25, 0.3) is 0 Å². The molecule has 0 spiro atoms. The van der Waals surface area contributed by atoms with Gasteiger partial charge in [-0.3, -0.25) is 0 Å². The van der Waals surface area contributed by atoms with Crippen molar-refractivity contribution in [3.05, 3.63) is 12.2 Å². The first kappa shape index (κ1) is 14.0. The summed E-state index contributed by atoms with van der Waals surface area (Å²) in [6.07, 6.45) is 2.08. The normalized spacial score (nSPS) is 45.3. The Hall–Kier alpha value is -0.380. The molecule has 0 saturated heterocycles. The molecular weight excluding hydrogens is 228 g/mol. The second-order valence-corrected chi connectivity index (χ2v) is 6.46. The Bertz CT molecular complexity index is 328. The van der Waals surface area contributed by atoms with Gasteiger partial charge in [-0.15, -0.1) is 0 Å². The minimum Gasteiger partial charge on any atom is -0.396 e. The Kier molecular flexibility index (Phi) is 3.86. The first-order valence-electron chi connectivity index (χ1n) is 7.03. The van der Waals surface area contributed by atoms with Gasteiger partial charge in [0.15, 0.2) is 0 Å². The van der Waals surface area contributed by atoms with Crippen molar-refractivity contribution >= 4 is 0 Å². The van der Waals surface area contributed by atoms with E-state index in [0.717, 1.165) is 18.4 Å². The van der Waals surface area contributed by atoms with E-state index in [1.165, 1.54) is 0 Å². The molecule has 3 heteroatoms. The molecule has 18 heavy (non-hydrogen) atoms. The molecule has 2 aliphatic carbocycles. The largest absolute Gasteiger partial charge is 0.396 e. The highest BCUT2D eigenvalue weighted by molar-refractivity contribution is 5.26. The molecule has 0 aromatic carbocycles. The summed E-state index contributed by atoms with van der Waals surface area (Å²) in [6.45, 7) is 8.91. The van der Waals surface area contributed by atoms with Gasteiger partial charge in [0.2, 0.25) is 0 Å². The second-order valence-electron chi connectivity index (χ2n) is 6.46. The Morgan fingerprint density at radius 3 is 2.50 bits per heavy atom. The fraction of sp³-hybridized carbons (Fsp3) is 0.867. The maximum atomic E-state index is 9.76. The highest BCUT2D eigenvalue weighted by atomic mass is 16.3. The van der Waals surface area contributed by atoms with E-state index in [-0.39, 0.29) is 48.9 Å². The Labute approximate surface area is 110 Å². The lowest BCUT2D eigenvalue weighted by Crippen LogP contribution is -2.41. The standard InChI is InChI=1S/C15H26O3/c1-9(6-16)11-4-5-15(3)10(2)12(7-17)14(11)13(15)8-18/h9,11-14,16-18H,2,4-8H2,1,3H3/t9?,11-,12+,13+,14?,15+/m1/s1. The van der Waals surface area contributed by atoms with E-state index in [1.54, 1.807) is 0 Å². The molecule has 2 aliphatic rings. The van der Waals surface area contributed by atoms with Crippen LogP contribution in [0.2, 0.25) is 0 Å². The van der Waals surface area contributed by atoms with Crippen molar-refractivity contribution < 1.29 is 15.3 Å². The molecule has 0 aromatic rings. The average molecular weight is 254 g/mol. The van der Waals surface area contributed by atoms with Crippen LogP contribution >= 0.6 is 0 Å². The molecule has 2 bridgehead atoms. The summed E-state index contributed by atoms with van der Waals surface area (Å²) in [7, 11) is 0. The van der Waals surface area contributed by atoms with Crippen LogP contribution in [0.1, 0.15) is 26.7 Å². The summed E-state index contributed by atoms with van der Waals surface area (Å²) in [5, 5.41) is 28.8. The van der Waals surface area contributed by atoms with Crippen molar-refractivity contribution in [2.24, 2.45) is 35.0 Å². The van der Waals surface area contributed by atoms with Crippen LogP contribution in [0.5, 0.6) is 0 Å². The Morgan fingerprint density at radius 2 is 2.00 bits per heavy atom. The number of fused-ring (bicyclic) bond motifs is 2. The minimum atomic E-state index is -0.0293. The van der Waals surface area contributed by atoms with E-state index in [1.807, 2.05) is 0 Å². The van der Waals surface area contributed by atoms with Crippen LogP contribution in [0.4, 0.5) is 0 Å². The van der Waals surface area contributed by atoms with Crippen molar-refractivity contribution in [3.63, 3.8) is 0 Å². The predicted octanol–water partition coefficient (Wildman–Crippen LogP) is 1.43. The average Bonchev–Trinajstić information content (AvgIpc) is 2.51. The van der Waals surface area contributed by atoms with Gasteiger partial charge in [0, 0.05) is 25.7 Å². The molecule has 0 radical (unpaired) electrons. The summed E-state index contributed by atoms with van der Waals surface area (Å²) in [5.74, 6) is 1.17. The van der Waals surface area contributed by atoms with E-state index < -0.39 is 0 Å². The van der Waals surface area contributed by atoms with Gasteiger partial charge in [-0.1, -0.05) is 26.0 Å². The topological polar surface area (TPSA) is 60.7 Å². The second kappa shape index (κ2) is 4.95. The molecule has 2 saturated carbocycles. The zero-order valence-corrected chi connectivity index (χ0v) is 11.5. The summed E-state index contributed by atoms with van der Waals surface area (Å²) in [6, 6.07) is 0. The molecule has 0 aliphatic heterocycles. The van der Waals surface area contributed by atoms with Crippen LogP contribution in [0.3, 0.4) is 0 Å². The van der Waals surface area contributed by atoms with E-state index in [2.05, 4.69) is 20.4 Å². The lowest BCUT2D eigenvalue weighted by molar-refractivity contribution is -0.00492. The quantitative estimate of drug-likeness (QED) is 0.665. The molecule has 0 heterocycles. The number of rotatable bonds is 4. The maximum Gasteiger partial charge on any atom is 0.0499 e. The molecule has 3 nitrogen and oxygen atoms in total. The van der Waals surface area contributed by atoms with Crippen molar-refractivity contribution in [1.82, 2.24) is 0 Å². The fourth-order valence-electron chi connectivity index (χ4n) is 4.56. The molecule has 2 fully saturated rings. The third kappa shape index (κ3) is 1.75. The summed E-state index contributed by atoms with van der Waals surface area (Å²) >= 11 is 0. The Morgan fingerprint density at radius 1 is 1.33 bits per heavy atom. The zero-order chi connectivity index (χ0) is 13.5. The van der Waals surface area contributed by atoms with Crippen molar-refractivity contribution in [2.45, 2.75) is 26.7 Å². The van der Waals surface area contributed by atoms with Gasteiger partial charge in [0.05, 0.1) is 0 Å². The lowest BCUT2D eigenvalue weighted by atomic mass is 9.61. The molecule has 6 atom stereocenters. The van der Waals surface area contributed by atoms with Crippen molar-refractivity contribution in [1.29, 1.82) is 0 Å². The highest BCUT2D eigenvalue weighted by Gasteiger charge is 2.58. The molecule has 0 amide bonds. The third-order valence-corrected chi connectivity index (χ3v) is 5.83. The third-order valence-electron chi connectivity index (χ3n) is 5.83. The van der Waals surface area contributed by atoms with Gasteiger partial charge < -0.3 is 15.3 Å². The highest BCUT2D eigenvalue weighted by Crippen LogP contribution is 2.63. The van der Waals surface area contributed by atoms with Crippen molar-refractivity contribution in [2.75, 3.05) is 19.8 Å². The first-order chi connectivity index (χ1) is 8.51. The fourth-order valence-corrected chi connectivity index (χ4v) is 4.56. The molecule has 3 N–H and O–H groups in total. The van der Waals surface area contributed by atoms with Crippen LogP contribution in [0, 0.1) is 35.0 Å². The predicted molar refractivity (Wildman–Crippen MR) is 70.9 cm³/mol. The van der Waals surface area contributed by atoms with Crippen LogP contribution in [0.15, 0.2) is 12.2 Å². The number of hydrogen-bond acceptors (Lipinski definition) is 3. The number of aliphatic hydroxyl groups excluding tert-OH is 3. The van der Waals surface area contributed by atoms with Gasteiger partial charge in [0.25, 0.3) is 0 Å². The molecule has 2 unspecified atom stereocenters. The van der Waals surface area contributed by atoms with Crippen LogP contribution in [-0.4, -0.2) is 35.1 Å². The summed E-state index contributed by atoms with van der Waals surface area (Å²) in [5.41, 5.74) is 1.08. The first-order valence-corrected chi connectivity index (χ1v) is 7.03. The summed E-state index contributed by atoms with van der Waals surface area (Å²) < 4.78 is 0. The summed E-state index contributed by atoms with van der Waals surface area (Å²) in [4.78, 5) is 0. The van der Waals surface area contributed by atoms with E-state index in [0.29, 0.717) is 5.92 Å². The molecular formula is C15H26O3. The lowest BCUT2D eigenvalue weighted by Gasteiger charge is -2.44. The van der Waals surface area contributed by atoms with Gasteiger partial charge in [-0.2, -0.15) is 0 Å². The van der Waals surface area contributed by atoms with Gasteiger partial charge in [0.1, 0.15) is 0 Å². The Balaban J connectivity index is 2.36. The van der Waals surface area contributed by atoms with E-state index in [4.69, 9.17) is 0 Å². The smallest absolute Gasteiger partial charge is 0.0499 e. The SMILES string of the molecule is C=C1[C@H](CO)C2[C@@H](C(C)CO)CC[C@]1(C)[C@H]2CO. The zero-order valence-electron chi connectivity index (χ0n) is 11.5.